The van der Waals surface area contributed by atoms with Crippen LogP contribution in [0.25, 0.3) is 10.8 Å². The van der Waals surface area contributed by atoms with Crippen molar-refractivity contribution < 1.29 is 73.8 Å². The summed E-state index contributed by atoms with van der Waals surface area (Å²) in [5.41, 5.74) is 1.35. The average Bonchev–Trinajstić information content (AvgIpc) is 2.27. The zero-order valence-corrected chi connectivity index (χ0v) is 15.1. The monoisotopic (exact) mass is 563 g/mol. The van der Waals surface area contributed by atoms with Gasteiger partial charge in [-0.15, -0.1) is 40.6 Å². The molecule has 70 valence electrons. The van der Waals surface area contributed by atoms with Crippen molar-refractivity contribution in [3.8, 4) is 0 Å². The van der Waals surface area contributed by atoms with Gasteiger partial charge < -0.3 is 48.0 Å². The molecule has 0 saturated carbocycles. The smallest absolute Gasteiger partial charge is 0 e. The van der Waals surface area contributed by atoms with Gasteiger partial charge in [-0.25, -0.2) is 0 Å². The normalized spacial score (nSPS) is 8.08. The van der Waals surface area contributed by atoms with Crippen LogP contribution in [0.2, 0.25) is 0 Å². The van der Waals surface area contributed by atoms with E-state index in [0.717, 1.165) is 0 Å². The molecule has 3 heteroatoms. The second-order valence-corrected chi connectivity index (χ2v) is 2.66. The number of hydrogen-bond donors (Lipinski definition) is 0. The fraction of sp³-hybridized carbons (Fsp3) is 0.100. The summed E-state index contributed by atoms with van der Waals surface area (Å²) in [5, 5.41) is 2.69. The van der Waals surface area contributed by atoms with Gasteiger partial charge in [-0.2, -0.15) is 6.07 Å². The molecule has 2 aromatic rings. The van der Waals surface area contributed by atoms with E-state index in [2.05, 4.69) is 43.3 Å². The summed E-state index contributed by atoms with van der Waals surface area (Å²) in [6.07, 6.45) is 0. The molecule has 0 heterocycles. The quantitative estimate of drug-likeness (QED) is 0.182. The molecule has 2 aromatic carbocycles. The molecule has 0 radical (unpaired) electrons. The molecule has 0 amide bonds. The van der Waals surface area contributed by atoms with Gasteiger partial charge in [-0.05, 0) is 0 Å². The fourth-order valence-electron chi connectivity index (χ4n) is 1.31. The van der Waals surface area contributed by atoms with Gasteiger partial charge in [0.25, 0.3) is 0 Å². The molecule has 13 heavy (non-hydrogen) atoms. The topological polar surface area (TPSA) is 0 Å². The van der Waals surface area contributed by atoms with Crippen LogP contribution < -0.4 is 48.0 Å². The number of aryl methyl sites for hydroxylation is 1. The first-order valence-corrected chi connectivity index (χ1v) is 3.48. The summed E-state index contributed by atoms with van der Waals surface area (Å²) in [4.78, 5) is 0. The van der Waals surface area contributed by atoms with Crippen molar-refractivity contribution in [3.63, 3.8) is 0 Å². The summed E-state index contributed by atoms with van der Waals surface area (Å²) in [6, 6.07) is 12.8. The number of halogens is 2. The Balaban J connectivity index is 0. The van der Waals surface area contributed by atoms with E-state index in [-0.39, 0.29) is 73.8 Å². The molecule has 0 aromatic heterocycles. The Morgan fingerprint density at radius 3 is 2.31 bits per heavy atom. The Bertz CT molecular complexity index is 321. The molecule has 0 aliphatic carbocycles. The third-order valence-corrected chi connectivity index (χ3v) is 1.76. The number of rotatable bonds is 0. The van der Waals surface area contributed by atoms with Crippen LogP contribution in [0.4, 0.5) is 0 Å². The van der Waals surface area contributed by atoms with E-state index in [1.807, 2.05) is 0 Å². The molecule has 0 aliphatic heterocycles. The third kappa shape index (κ3) is 4.03. The van der Waals surface area contributed by atoms with Gasteiger partial charge >= 0.3 is 0 Å². The van der Waals surface area contributed by atoms with Crippen molar-refractivity contribution in [1.29, 1.82) is 0 Å². The molecule has 0 aliphatic rings. The van der Waals surface area contributed by atoms with Gasteiger partial charge in [0.1, 0.15) is 0 Å². The molecular formula is C10H9HfI2-3. The minimum absolute atomic E-state index is 0. The first-order valence-electron chi connectivity index (χ1n) is 3.48. The Morgan fingerprint density at radius 2 is 1.69 bits per heavy atom. The summed E-state index contributed by atoms with van der Waals surface area (Å²) < 4.78 is 0. The molecule has 2 rings (SSSR count). The minimum Gasteiger partial charge on any atom is -1.00 e. The van der Waals surface area contributed by atoms with E-state index in [1.165, 1.54) is 16.3 Å². The van der Waals surface area contributed by atoms with Crippen LogP contribution in [0.3, 0.4) is 0 Å². The zero-order chi connectivity index (χ0) is 6.97. The molecule has 0 saturated heterocycles. The molecule has 0 N–H and O–H groups in total. The molecule has 0 nitrogen and oxygen atoms in total. The van der Waals surface area contributed by atoms with Gasteiger partial charge in [0.05, 0.1) is 0 Å². The molecule has 0 fully saturated rings. The summed E-state index contributed by atoms with van der Waals surface area (Å²) in [6.45, 7) is 2.12. The summed E-state index contributed by atoms with van der Waals surface area (Å²) in [7, 11) is 0. The van der Waals surface area contributed by atoms with Gasteiger partial charge in [-0.1, -0.05) is 13.0 Å². The van der Waals surface area contributed by atoms with Crippen LogP contribution in [0.1, 0.15) is 5.56 Å². The SMILES string of the molecule is Cc1cc2ccccc2[cH-]1.[Hf].[I-].[I-]. The van der Waals surface area contributed by atoms with Crippen molar-refractivity contribution in [2.75, 3.05) is 0 Å². The second-order valence-electron chi connectivity index (χ2n) is 2.66. The predicted octanol–water partition coefficient (Wildman–Crippen LogP) is -3.13. The van der Waals surface area contributed by atoms with Crippen LogP contribution in [0.15, 0.2) is 36.4 Å². The maximum atomic E-state index is 2.20. The van der Waals surface area contributed by atoms with Crippen LogP contribution in [0.5, 0.6) is 0 Å². The number of benzene rings is 1. The largest absolute Gasteiger partial charge is 1.00 e. The van der Waals surface area contributed by atoms with Crippen molar-refractivity contribution in [3.05, 3.63) is 42.0 Å². The maximum absolute atomic E-state index is 2.20. The molecule has 0 bridgehead atoms. The van der Waals surface area contributed by atoms with Crippen molar-refractivity contribution in [2.24, 2.45) is 0 Å². The van der Waals surface area contributed by atoms with E-state index < -0.39 is 0 Å². The average molecular weight is 561 g/mol. The molecule has 0 spiro atoms. The minimum atomic E-state index is 0. The van der Waals surface area contributed by atoms with Gasteiger partial charge in [0.15, 0.2) is 0 Å². The van der Waals surface area contributed by atoms with E-state index in [9.17, 15) is 0 Å². The summed E-state index contributed by atoms with van der Waals surface area (Å²) in [5.74, 6) is 0. The predicted molar refractivity (Wildman–Crippen MR) is 44.3 cm³/mol. The van der Waals surface area contributed by atoms with Gasteiger partial charge in [0.2, 0.25) is 0 Å². The van der Waals surface area contributed by atoms with E-state index >= 15 is 0 Å². The number of hydrogen-bond acceptors (Lipinski definition) is 0. The van der Waals surface area contributed by atoms with Gasteiger partial charge in [-0.3, -0.25) is 0 Å². The van der Waals surface area contributed by atoms with Crippen molar-refractivity contribution in [2.45, 2.75) is 6.92 Å². The Labute approximate surface area is 132 Å². The first kappa shape index (κ1) is 16.6. The van der Waals surface area contributed by atoms with Crippen molar-refractivity contribution in [1.82, 2.24) is 0 Å². The Kier molecular flexibility index (Phi) is 9.51. The molecule has 0 atom stereocenters. The maximum Gasteiger partial charge on any atom is 0 e. The molecular weight excluding hydrogens is 552 g/mol. The van der Waals surface area contributed by atoms with E-state index in [1.54, 1.807) is 0 Å². The van der Waals surface area contributed by atoms with E-state index in [4.69, 9.17) is 0 Å². The Morgan fingerprint density at radius 1 is 1.08 bits per heavy atom. The Hall–Kier alpha value is 1.16. The van der Waals surface area contributed by atoms with Crippen LogP contribution in [-0.2, 0) is 25.8 Å². The summed E-state index contributed by atoms with van der Waals surface area (Å²) >= 11 is 0. The van der Waals surface area contributed by atoms with E-state index in [0.29, 0.717) is 0 Å². The van der Waals surface area contributed by atoms with Crippen LogP contribution >= 0.6 is 0 Å². The fourth-order valence-corrected chi connectivity index (χ4v) is 1.31. The standard InChI is InChI=1S/C10H9.Hf.2HI/c1-8-6-9-4-2-3-5-10(9)7-8;;;/h2-7H,1H3;;2*1H/q-1;;;/p-2. The second kappa shape index (κ2) is 7.45. The van der Waals surface area contributed by atoms with Gasteiger partial charge in [0, 0.05) is 25.8 Å². The zero-order valence-electron chi connectivity index (χ0n) is 7.22. The van der Waals surface area contributed by atoms with Crippen molar-refractivity contribution >= 4 is 10.8 Å². The first-order chi connectivity index (χ1) is 4.86. The molecule has 0 unspecified atom stereocenters. The van der Waals surface area contributed by atoms with Crippen LogP contribution in [0, 0.1) is 6.92 Å². The third-order valence-electron chi connectivity index (χ3n) is 1.76. The van der Waals surface area contributed by atoms with Crippen LogP contribution in [-0.4, -0.2) is 0 Å². The number of fused-ring (bicyclic) bond motifs is 1.